The number of aliphatic carboxylic acids is 1. The van der Waals surface area contributed by atoms with Gasteiger partial charge < -0.3 is 5.11 Å². The summed E-state index contributed by atoms with van der Waals surface area (Å²) in [5.74, 6) is -0.871. The molecular weight excluding hydrogens is 358 g/mol. The van der Waals surface area contributed by atoms with Crippen molar-refractivity contribution in [1.29, 1.82) is 0 Å². The second-order valence-electron chi connectivity index (χ2n) is 8.07. The molecule has 0 saturated carbocycles. The molecular formula is C21H27N3O2S. The summed E-state index contributed by atoms with van der Waals surface area (Å²) in [6.45, 7) is 7.45. The van der Waals surface area contributed by atoms with Gasteiger partial charge in [-0.1, -0.05) is 0 Å². The Morgan fingerprint density at radius 1 is 1.19 bits per heavy atom. The molecule has 1 spiro atoms. The number of piperidine rings is 1. The van der Waals surface area contributed by atoms with Gasteiger partial charge in [-0.05, 0) is 62.7 Å². The Balaban J connectivity index is 1.41. The first-order valence-corrected chi connectivity index (χ1v) is 10.5. The highest BCUT2D eigenvalue weighted by Crippen LogP contribution is 2.45. The second kappa shape index (κ2) is 7.70. The number of likely N-dealkylation sites (tertiary alicyclic amines) is 2. The number of hydrogen-bond acceptors (Lipinski definition) is 5. The molecule has 27 heavy (non-hydrogen) atoms. The molecule has 4 rings (SSSR count). The molecule has 0 radical (unpaired) electrons. The van der Waals surface area contributed by atoms with Crippen LogP contribution in [0.2, 0.25) is 0 Å². The molecule has 2 aliphatic heterocycles. The minimum absolute atomic E-state index is 0.0765. The van der Waals surface area contributed by atoms with Crippen LogP contribution in [0.15, 0.2) is 36.7 Å². The Kier molecular flexibility index (Phi) is 5.30. The van der Waals surface area contributed by atoms with Crippen LogP contribution in [0, 0.1) is 18.3 Å². The van der Waals surface area contributed by atoms with Crippen LogP contribution in [0.4, 0.5) is 0 Å². The van der Waals surface area contributed by atoms with Crippen molar-refractivity contribution < 1.29 is 9.90 Å². The summed E-state index contributed by atoms with van der Waals surface area (Å²) in [5, 5.41) is 9.88. The Morgan fingerprint density at radius 3 is 2.56 bits per heavy atom. The highest BCUT2D eigenvalue weighted by atomic mass is 32.1. The fraction of sp³-hybridized carbons (Fsp3) is 0.524. The van der Waals surface area contributed by atoms with Gasteiger partial charge >= 0.3 is 5.97 Å². The summed E-state index contributed by atoms with van der Waals surface area (Å²) in [6.07, 6.45) is 5.61. The molecule has 5 nitrogen and oxygen atoms in total. The van der Waals surface area contributed by atoms with Gasteiger partial charge in [0.25, 0.3) is 0 Å². The molecule has 2 aromatic rings. The maximum Gasteiger partial charge on any atom is 0.308 e. The van der Waals surface area contributed by atoms with E-state index in [2.05, 4.69) is 46.0 Å². The molecule has 6 heteroatoms. The van der Waals surface area contributed by atoms with Gasteiger partial charge in [0.2, 0.25) is 0 Å². The van der Waals surface area contributed by atoms with Crippen LogP contribution in [0.1, 0.15) is 28.2 Å². The smallest absolute Gasteiger partial charge is 0.308 e. The van der Waals surface area contributed by atoms with Gasteiger partial charge in [0.15, 0.2) is 0 Å². The highest BCUT2D eigenvalue weighted by Gasteiger charge is 2.51. The summed E-state index contributed by atoms with van der Waals surface area (Å²) in [5.41, 5.74) is 1.20. The van der Waals surface area contributed by atoms with Gasteiger partial charge in [-0.15, -0.1) is 11.3 Å². The molecule has 2 aromatic heterocycles. The van der Waals surface area contributed by atoms with Crippen molar-refractivity contribution in [3.8, 4) is 0 Å². The van der Waals surface area contributed by atoms with Gasteiger partial charge in [-0.2, -0.15) is 0 Å². The van der Waals surface area contributed by atoms with E-state index in [1.807, 2.05) is 23.7 Å². The van der Waals surface area contributed by atoms with Crippen molar-refractivity contribution in [2.24, 2.45) is 11.3 Å². The van der Waals surface area contributed by atoms with E-state index in [1.165, 1.54) is 15.3 Å². The maximum absolute atomic E-state index is 12.0. The third-order valence-electron chi connectivity index (χ3n) is 6.20. The monoisotopic (exact) mass is 385 g/mol. The molecule has 2 saturated heterocycles. The van der Waals surface area contributed by atoms with Crippen LogP contribution in [0.5, 0.6) is 0 Å². The van der Waals surface area contributed by atoms with E-state index in [9.17, 15) is 9.90 Å². The number of aryl methyl sites for hydroxylation is 1. The number of thiophene rings is 1. The molecule has 0 bridgehead atoms. The first-order valence-electron chi connectivity index (χ1n) is 9.66. The zero-order valence-corrected chi connectivity index (χ0v) is 16.6. The molecule has 0 aliphatic carbocycles. The number of pyridine rings is 1. The molecule has 1 unspecified atom stereocenters. The van der Waals surface area contributed by atoms with Gasteiger partial charge in [0.1, 0.15) is 0 Å². The maximum atomic E-state index is 12.0. The lowest BCUT2D eigenvalue weighted by Crippen LogP contribution is -2.45. The predicted octanol–water partition coefficient (Wildman–Crippen LogP) is 3.25. The summed E-state index contributed by atoms with van der Waals surface area (Å²) >= 11 is 1.82. The van der Waals surface area contributed by atoms with Gasteiger partial charge in [0, 0.05) is 53.7 Å². The number of rotatable bonds is 5. The number of carbonyl (C=O) groups is 1. The van der Waals surface area contributed by atoms with Crippen molar-refractivity contribution >= 4 is 17.3 Å². The van der Waals surface area contributed by atoms with E-state index in [4.69, 9.17) is 0 Å². The van der Waals surface area contributed by atoms with Crippen molar-refractivity contribution in [2.75, 3.05) is 26.2 Å². The Labute approximate surface area is 164 Å². The van der Waals surface area contributed by atoms with E-state index in [0.29, 0.717) is 6.54 Å². The molecule has 0 aromatic carbocycles. The van der Waals surface area contributed by atoms with Crippen LogP contribution < -0.4 is 0 Å². The summed E-state index contributed by atoms with van der Waals surface area (Å²) in [4.78, 5) is 23.6. The lowest BCUT2D eigenvalue weighted by Gasteiger charge is -2.41. The van der Waals surface area contributed by atoms with E-state index >= 15 is 0 Å². The van der Waals surface area contributed by atoms with Crippen LogP contribution in [0.3, 0.4) is 0 Å². The van der Waals surface area contributed by atoms with Crippen molar-refractivity contribution in [2.45, 2.75) is 32.9 Å². The summed E-state index contributed by atoms with van der Waals surface area (Å²) in [6, 6.07) is 8.45. The largest absolute Gasteiger partial charge is 0.481 e. The van der Waals surface area contributed by atoms with E-state index in [-0.39, 0.29) is 11.3 Å². The molecule has 1 atom stereocenters. The van der Waals surface area contributed by atoms with E-state index < -0.39 is 5.97 Å². The number of nitrogens with zero attached hydrogens (tertiary/aromatic N) is 3. The molecule has 2 fully saturated rings. The zero-order valence-electron chi connectivity index (χ0n) is 15.8. The number of hydrogen-bond donors (Lipinski definition) is 1. The highest BCUT2D eigenvalue weighted by molar-refractivity contribution is 7.11. The third-order valence-corrected chi connectivity index (χ3v) is 7.18. The van der Waals surface area contributed by atoms with Crippen molar-refractivity contribution in [3.05, 3.63) is 52.0 Å². The predicted molar refractivity (Wildman–Crippen MR) is 107 cm³/mol. The summed E-state index contributed by atoms with van der Waals surface area (Å²) in [7, 11) is 0. The zero-order chi connectivity index (χ0) is 18.9. The second-order valence-corrected chi connectivity index (χ2v) is 9.44. The van der Waals surface area contributed by atoms with Crippen molar-refractivity contribution in [1.82, 2.24) is 14.8 Å². The molecule has 144 valence electrons. The van der Waals surface area contributed by atoms with Gasteiger partial charge in [0.05, 0.1) is 5.92 Å². The Hall–Kier alpha value is -1.76. The SMILES string of the molecule is Cc1ccc(CN2CC(C(=O)O)C3(CCN(Cc4ccncc4)CC3)C2)s1. The Morgan fingerprint density at radius 2 is 1.93 bits per heavy atom. The van der Waals surface area contributed by atoms with Crippen LogP contribution in [-0.4, -0.2) is 52.0 Å². The lowest BCUT2D eigenvalue weighted by molar-refractivity contribution is -0.146. The normalized spacial score (nSPS) is 23.1. The average Bonchev–Trinajstić information content (AvgIpc) is 3.22. The van der Waals surface area contributed by atoms with Crippen LogP contribution in [0.25, 0.3) is 0 Å². The van der Waals surface area contributed by atoms with Crippen molar-refractivity contribution in [3.63, 3.8) is 0 Å². The number of carboxylic acid groups (broad SMARTS) is 1. The van der Waals surface area contributed by atoms with Gasteiger partial charge in [-0.25, -0.2) is 0 Å². The first kappa shape index (κ1) is 18.6. The third kappa shape index (κ3) is 4.08. The molecule has 1 N–H and O–H groups in total. The van der Waals surface area contributed by atoms with Gasteiger partial charge in [-0.3, -0.25) is 19.6 Å². The fourth-order valence-corrected chi connectivity index (χ4v) is 5.67. The fourth-order valence-electron chi connectivity index (χ4n) is 4.73. The van der Waals surface area contributed by atoms with E-state index in [1.54, 1.807) is 0 Å². The molecule has 4 heterocycles. The average molecular weight is 386 g/mol. The number of carboxylic acids is 1. The lowest BCUT2D eigenvalue weighted by atomic mass is 9.71. The minimum atomic E-state index is -0.623. The van der Waals surface area contributed by atoms with Crippen LogP contribution in [-0.2, 0) is 17.9 Å². The molecule has 0 amide bonds. The standard InChI is InChI=1S/C21H27N3O2S/c1-16-2-3-18(27-16)13-24-14-19(20(25)26)21(15-24)6-10-23(11-7-21)12-17-4-8-22-9-5-17/h2-5,8-9,19H,6-7,10-15H2,1H3,(H,25,26). The van der Waals surface area contributed by atoms with Crippen LogP contribution >= 0.6 is 11.3 Å². The summed E-state index contributed by atoms with van der Waals surface area (Å²) < 4.78 is 0. The van der Waals surface area contributed by atoms with E-state index in [0.717, 1.165) is 45.6 Å². The quantitative estimate of drug-likeness (QED) is 0.856. The first-order chi connectivity index (χ1) is 13.0. The number of aromatic nitrogens is 1. The Bertz CT molecular complexity index is 784. The minimum Gasteiger partial charge on any atom is -0.481 e. The molecule has 2 aliphatic rings. The topological polar surface area (TPSA) is 56.7 Å².